The van der Waals surface area contributed by atoms with Gasteiger partial charge < -0.3 is 10.6 Å². The molecule has 0 radical (unpaired) electrons. The van der Waals surface area contributed by atoms with Crippen LogP contribution in [0.3, 0.4) is 0 Å². The van der Waals surface area contributed by atoms with Crippen LogP contribution in [-0.4, -0.2) is 20.5 Å². The molecule has 0 heterocycles. The predicted octanol–water partition coefficient (Wildman–Crippen LogP) is 3.39. The molecule has 1 saturated carbocycles. The number of urea groups is 1. The van der Waals surface area contributed by atoms with Gasteiger partial charge in [-0.25, -0.2) is 13.2 Å². The summed E-state index contributed by atoms with van der Waals surface area (Å²) >= 11 is 0. The van der Waals surface area contributed by atoms with Crippen LogP contribution in [0.1, 0.15) is 24.0 Å². The van der Waals surface area contributed by atoms with Crippen molar-refractivity contribution >= 4 is 27.4 Å². The summed E-state index contributed by atoms with van der Waals surface area (Å²) in [7, 11) is -3.65. The lowest BCUT2D eigenvalue weighted by atomic mass is 10.2. The van der Waals surface area contributed by atoms with E-state index in [9.17, 15) is 13.2 Å². The van der Waals surface area contributed by atoms with Crippen molar-refractivity contribution in [2.45, 2.75) is 37.6 Å². The largest absolute Gasteiger partial charge is 0.335 e. The summed E-state index contributed by atoms with van der Waals surface area (Å²) in [6.45, 7) is 3.69. The Morgan fingerprint density at radius 1 is 1.00 bits per heavy atom. The highest BCUT2D eigenvalue weighted by Gasteiger charge is 2.23. The van der Waals surface area contributed by atoms with E-state index in [1.165, 1.54) is 0 Å². The summed E-state index contributed by atoms with van der Waals surface area (Å²) in [4.78, 5) is 11.9. The molecule has 3 N–H and O–H groups in total. The van der Waals surface area contributed by atoms with Gasteiger partial charge in [0.05, 0.1) is 4.90 Å². The Balaban J connectivity index is 1.68. The molecule has 3 rings (SSSR count). The van der Waals surface area contributed by atoms with Crippen LogP contribution in [0.15, 0.2) is 47.4 Å². The van der Waals surface area contributed by atoms with Crippen LogP contribution in [0.2, 0.25) is 0 Å². The lowest BCUT2D eigenvalue weighted by Crippen LogP contribution is -2.30. The minimum atomic E-state index is -3.65. The monoisotopic (exact) mass is 359 g/mol. The zero-order chi connectivity index (χ0) is 18.0. The second kappa shape index (κ2) is 6.76. The van der Waals surface area contributed by atoms with E-state index in [1.807, 2.05) is 13.0 Å². The van der Waals surface area contributed by atoms with Crippen LogP contribution in [0.25, 0.3) is 0 Å². The number of carbonyl (C=O) groups is 1. The highest BCUT2D eigenvalue weighted by atomic mass is 32.2. The van der Waals surface area contributed by atoms with Gasteiger partial charge in [0.25, 0.3) is 10.0 Å². The third-order valence-corrected chi connectivity index (χ3v) is 5.47. The number of benzene rings is 2. The van der Waals surface area contributed by atoms with Gasteiger partial charge in [0.1, 0.15) is 0 Å². The summed E-state index contributed by atoms with van der Waals surface area (Å²) < 4.78 is 27.6. The van der Waals surface area contributed by atoms with Gasteiger partial charge in [0.15, 0.2) is 0 Å². The fourth-order valence-corrected chi connectivity index (χ4v) is 3.80. The Labute approximate surface area is 147 Å². The van der Waals surface area contributed by atoms with E-state index in [4.69, 9.17) is 0 Å². The van der Waals surface area contributed by atoms with Crippen molar-refractivity contribution in [2.75, 3.05) is 10.0 Å². The SMILES string of the molecule is Cc1ccc(S(=O)(=O)Nc2ccc(NC(=O)NC3CC3)cc2)c(C)c1. The summed E-state index contributed by atoms with van der Waals surface area (Å²) in [5.41, 5.74) is 2.75. The molecule has 1 fully saturated rings. The smallest absolute Gasteiger partial charge is 0.319 e. The number of amides is 2. The van der Waals surface area contributed by atoms with Crippen LogP contribution in [0, 0.1) is 13.8 Å². The van der Waals surface area contributed by atoms with Gasteiger partial charge in [-0.3, -0.25) is 4.72 Å². The van der Waals surface area contributed by atoms with Crippen molar-refractivity contribution in [3.05, 3.63) is 53.6 Å². The van der Waals surface area contributed by atoms with E-state index in [0.29, 0.717) is 16.9 Å². The molecule has 132 valence electrons. The summed E-state index contributed by atoms with van der Waals surface area (Å²) in [5, 5.41) is 5.55. The molecule has 0 atom stereocenters. The van der Waals surface area contributed by atoms with Crippen molar-refractivity contribution in [1.29, 1.82) is 0 Å². The molecule has 0 spiro atoms. The van der Waals surface area contributed by atoms with Crippen LogP contribution in [-0.2, 0) is 10.0 Å². The van der Waals surface area contributed by atoms with E-state index in [2.05, 4.69) is 15.4 Å². The van der Waals surface area contributed by atoms with E-state index in [1.54, 1.807) is 43.3 Å². The Hall–Kier alpha value is -2.54. The fraction of sp³-hybridized carbons (Fsp3) is 0.278. The number of anilines is 2. The normalized spacial score (nSPS) is 14.0. The summed E-state index contributed by atoms with van der Waals surface area (Å²) in [5.74, 6) is 0. The molecule has 25 heavy (non-hydrogen) atoms. The number of hydrogen-bond acceptors (Lipinski definition) is 3. The predicted molar refractivity (Wildman–Crippen MR) is 98.3 cm³/mol. The molecule has 0 saturated heterocycles. The van der Waals surface area contributed by atoms with Gasteiger partial charge in [0, 0.05) is 17.4 Å². The fourth-order valence-electron chi connectivity index (χ4n) is 2.51. The average Bonchev–Trinajstić information content (AvgIpc) is 3.32. The number of sulfonamides is 1. The molecule has 7 heteroatoms. The topological polar surface area (TPSA) is 87.3 Å². The highest BCUT2D eigenvalue weighted by Crippen LogP contribution is 2.22. The minimum Gasteiger partial charge on any atom is -0.335 e. The molecular weight excluding hydrogens is 338 g/mol. The highest BCUT2D eigenvalue weighted by molar-refractivity contribution is 7.92. The Morgan fingerprint density at radius 3 is 2.24 bits per heavy atom. The molecule has 2 aromatic carbocycles. The van der Waals surface area contributed by atoms with E-state index >= 15 is 0 Å². The second-order valence-corrected chi connectivity index (χ2v) is 7.98. The molecule has 2 aromatic rings. The maximum absolute atomic E-state index is 12.5. The van der Waals surface area contributed by atoms with Crippen molar-refractivity contribution in [2.24, 2.45) is 0 Å². The standard InChI is InChI=1S/C18H21N3O3S/c1-12-3-10-17(13(2)11-12)25(23,24)21-16-8-6-15(7-9-16)20-18(22)19-14-4-5-14/h3,6-11,14,21H,4-5H2,1-2H3,(H2,19,20,22). The Morgan fingerprint density at radius 2 is 1.64 bits per heavy atom. The maximum atomic E-state index is 12.5. The number of hydrogen-bond donors (Lipinski definition) is 3. The maximum Gasteiger partial charge on any atom is 0.319 e. The summed E-state index contributed by atoms with van der Waals surface area (Å²) in [6.07, 6.45) is 2.04. The van der Waals surface area contributed by atoms with E-state index in [-0.39, 0.29) is 17.0 Å². The number of rotatable bonds is 5. The molecule has 2 amide bonds. The molecule has 6 nitrogen and oxygen atoms in total. The van der Waals surface area contributed by atoms with Crippen molar-refractivity contribution in [3.8, 4) is 0 Å². The van der Waals surface area contributed by atoms with Crippen LogP contribution < -0.4 is 15.4 Å². The van der Waals surface area contributed by atoms with Crippen molar-refractivity contribution < 1.29 is 13.2 Å². The molecule has 0 aromatic heterocycles. The first-order valence-corrected chi connectivity index (χ1v) is 9.59. The van der Waals surface area contributed by atoms with Gasteiger partial charge >= 0.3 is 6.03 Å². The average molecular weight is 359 g/mol. The third-order valence-electron chi connectivity index (χ3n) is 3.93. The molecule has 1 aliphatic carbocycles. The number of carbonyl (C=O) groups excluding carboxylic acids is 1. The first-order valence-electron chi connectivity index (χ1n) is 8.11. The van der Waals surface area contributed by atoms with E-state index < -0.39 is 10.0 Å². The van der Waals surface area contributed by atoms with Crippen LogP contribution >= 0.6 is 0 Å². The summed E-state index contributed by atoms with van der Waals surface area (Å²) in [6, 6.07) is 11.8. The minimum absolute atomic E-state index is 0.244. The Kier molecular flexibility index (Phi) is 4.67. The van der Waals surface area contributed by atoms with Gasteiger partial charge in [-0.05, 0) is 62.6 Å². The molecule has 0 aliphatic heterocycles. The zero-order valence-electron chi connectivity index (χ0n) is 14.2. The number of nitrogens with one attached hydrogen (secondary N) is 3. The van der Waals surface area contributed by atoms with Gasteiger partial charge in [-0.15, -0.1) is 0 Å². The lowest BCUT2D eigenvalue weighted by molar-refractivity contribution is 0.251. The zero-order valence-corrected chi connectivity index (χ0v) is 15.0. The molecular formula is C18H21N3O3S. The Bertz CT molecular complexity index is 888. The van der Waals surface area contributed by atoms with Gasteiger partial charge in [0.2, 0.25) is 0 Å². The molecule has 0 unspecified atom stereocenters. The third kappa shape index (κ3) is 4.51. The van der Waals surface area contributed by atoms with Crippen LogP contribution in [0.5, 0.6) is 0 Å². The van der Waals surface area contributed by atoms with Crippen LogP contribution in [0.4, 0.5) is 16.2 Å². The second-order valence-electron chi connectivity index (χ2n) is 6.32. The van der Waals surface area contributed by atoms with Crippen molar-refractivity contribution in [3.63, 3.8) is 0 Å². The first-order chi connectivity index (χ1) is 11.8. The first kappa shape index (κ1) is 17.3. The van der Waals surface area contributed by atoms with E-state index in [0.717, 1.165) is 18.4 Å². The van der Waals surface area contributed by atoms with Gasteiger partial charge in [-0.2, -0.15) is 0 Å². The molecule has 0 bridgehead atoms. The quantitative estimate of drug-likeness (QED) is 0.765. The molecule has 1 aliphatic rings. The number of aryl methyl sites for hydroxylation is 2. The van der Waals surface area contributed by atoms with Crippen molar-refractivity contribution in [1.82, 2.24) is 5.32 Å². The lowest BCUT2D eigenvalue weighted by Gasteiger charge is -2.12. The van der Waals surface area contributed by atoms with Gasteiger partial charge in [-0.1, -0.05) is 17.7 Å².